The van der Waals surface area contributed by atoms with Crippen molar-refractivity contribution in [3.05, 3.63) is 45.2 Å². The van der Waals surface area contributed by atoms with Gasteiger partial charge in [-0.3, -0.25) is 4.68 Å². The minimum Gasteiger partial charge on any atom is -0.331 e. The molecule has 0 aliphatic rings. The maximum absolute atomic E-state index is 13.7. The fourth-order valence-corrected chi connectivity index (χ4v) is 2.66. The number of imidazole rings is 1. The van der Waals surface area contributed by atoms with E-state index in [1.807, 2.05) is 17.8 Å². The molecule has 0 saturated heterocycles. The van der Waals surface area contributed by atoms with E-state index < -0.39 is 0 Å². The molecule has 2 aromatic heterocycles. The Labute approximate surface area is 122 Å². The second-order valence-electron chi connectivity index (χ2n) is 4.32. The number of rotatable bonds is 2. The Morgan fingerprint density at radius 3 is 2.95 bits per heavy atom. The molecule has 3 aromatic rings. The fraction of sp³-hybridized carbons (Fsp3) is 0.167. The molecule has 0 bridgehead atoms. The van der Waals surface area contributed by atoms with E-state index in [1.165, 1.54) is 6.07 Å². The SMILES string of the molecule is Cn1cc(Cn2c(=S)[nH]c3cc(Br)c(F)cc32)cn1. The number of aryl methyl sites for hydroxylation is 1. The molecule has 0 aliphatic heterocycles. The molecular weight excluding hydrogens is 331 g/mol. The molecule has 1 aromatic carbocycles. The first kappa shape index (κ1) is 12.6. The number of fused-ring (bicyclic) bond motifs is 1. The Morgan fingerprint density at radius 2 is 2.26 bits per heavy atom. The molecule has 19 heavy (non-hydrogen) atoms. The maximum atomic E-state index is 13.7. The van der Waals surface area contributed by atoms with Crippen LogP contribution in [0.4, 0.5) is 4.39 Å². The summed E-state index contributed by atoms with van der Waals surface area (Å²) in [6, 6.07) is 3.17. The van der Waals surface area contributed by atoms with E-state index in [-0.39, 0.29) is 5.82 Å². The molecule has 0 amide bonds. The van der Waals surface area contributed by atoms with Crippen molar-refractivity contribution in [3.8, 4) is 0 Å². The lowest BCUT2D eigenvalue weighted by atomic mass is 10.3. The first-order chi connectivity index (χ1) is 9.04. The number of halogens is 2. The van der Waals surface area contributed by atoms with Crippen LogP contribution in [0, 0.1) is 10.6 Å². The average molecular weight is 341 g/mol. The third-order valence-electron chi connectivity index (χ3n) is 2.92. The molecule has 0 radical (unpaired) electrons. The molecule has 0 aliphatic carbocycles. The van der Waals surface area contributed by atoms with E-state index in [1.54, 1.807) is 16.9 Å². The van der Waals surface area contributed by atoms with Gasteiger partial charge in [0.15, 0.2) is 4.77 Å². The van der Waals surface area contributed by atoms with Gasteiger partial charge in [-0.15, -0.1) is 0 Å². The Bertz CT molecular complexity index is 817. The van der Waals surface area contributed by atoms with E-state index in [0.717, 1.165) is 16.6 Å². The number of hydrogen-bond acceptors (Lipinski definition) is 2. The minimum absolute atomic E-state index is 0.304. The Morgan fingerprint density at radius 1 is 1.47 bits per heavy atom. The average Bonchev–Trinajstić information content (AvgIpc) is 2.87. The van der Waals surface area contributed by atoms with E-state index in [2.05, 4.69) is 26.0 Å². The van der Waals surface area contributed by atoms with E-state index in [0.29, 0.717) is 15.8 Å². The largest absolute Gasteiger partial charge is 0.331 e. The van der Waals surface area contributed by atoms with E-state index in [4.69, 9.17) is 12.2 Å². The highest BCUT2D eigenvalue weighted by molar-refractivity contribution is 9.10. The predicted octanol–water partition coefficient (Wildman–Crippen LogP) is 3.38. The molecule has 0 saturated carbocycles. The van der Waals surface area contributed by atoms with Gasteiger partial charge >= 0.3 is 0 Å². The maximum Gasteiger partial charge on any atom is 0.178 e. The van der Waals surface area contributed by atoms with Gasteiger partial charge in [-0.2, -0.15) is 5.10 Å². The van der Waals surface area contributed by atoms with Gasteiger partial charge < -0.3 is 9.55 Å². The first-order valence-electron chi connectivity index (χ1n) is 5.59. The number of benzene rings is 1. The Balaban J connectivity index is 2.15. The summed E-state index contributed by atoms with van der Waals surface area (Å²) in [7, 11) is 1.86. The van der Waals surface area contributed by atoms with Crippen LogP contribution in [-0.2, 0) is 13.6 Å². The number of nitrogens with one attached hydrogen (secondary N) is 1. The van der Waals surface area contributed by atoms with Crippen LogP contribution in [0.2, 0.25) is 0 Å². The van der Waals surface area contributed by atoms with Crippen LogP contribution in [-0.4, -0.2) is 19.3 Å². The predicted molar refractivity (Wildman–Crippen MR) is 77.1 cm³/mol. The number of nitrogens with zero attached hydrogens (tertiary/aromatic N) is 3. The summed E-state index contributed by atoms with van der Waals surface area (Å²) in [5.41, 5.74) is 2.57. The van der Waals surface area contributed by atoms with Crippen molar-refractivity contribution in [1.82, 2.24) is 19.3 Å². The lowest BCUT2D eigenvalue weighted by molar-refractivity contribution is 0.622. The van der Waals surface area contributed by atoms with Crippen molar-refractivity contribution in [2.75, 3.05) is 0 Å². The molecule has 3 rings (SSSR count). The zero-order valence-corrected chi connectivity index (χ0v) is 12.4. The summed E-state index contributed by atoms with van der Waals surface area (Å²) < 4.78 is 18.2. The zero-order valence-electron chi connectivity index (χ0n) is 10.0. The quantitative estimate of drug-likeness (QED) is 0.726. The monoisotopic (exact) mass is 340 g/mol. The smallest absolute Gasteiger partial charge is 0.178 e. The van der Waals surface area contributed by atoms with Crippen LogP contribution in [0.1, 0.15) is 5.56 Å². The first-order valence-corrected chi connectivity index (χ1v) is 6.80. The van der Waals surface area contributed by atoms with Crippen LogP contribution >= 0.6 is 28.1 Å². The van der Waals surface area contributed by atoms with Gasteiger partial charge in [0.1, 0.15) is 5.82 Å². The molecule has 2 heterocycles. The molecule has 0 spiro atoms. The molecule has 0 atom stereocenters. The Kier molecular flexibility index (Phi) is 3.02. The van der Waals surface area contributed by atoms with Crippen LogP contribution in [0.3, 0.4) is 0 Å². The van der Waals surface area contributed by atoms with Crippen molar-refractivity contribution in [2.24, 2.45) is 7.05 Å². The molecule has 0 fully saturated rings. The molecule has 1 N–H and O–H groups in total. The molecular formula is C12H10BrFN4S. The summed E-state index contributed by atoms with van der Waals surface area (Å²) in [5.74, 6) is -0.304. The van der Waals surface area contributed by atoms with Gasteiger partial charge in [0.05, 0.1) is 28.2 Å². The topological polar surface area (TPSA) is 38.5 Å². The zero-order chi connectivity index (χ0) is 13.6. The van der Waals surface area contributed by atoms with Crippen molar-refractivity contribution in [3.63, 3.8) is 0 Å². The van der Waals surface area contributed by atoms with Crippen LogP contribution in [0.15, 0.2) is 29.0 Å². The van der Waals surface area contributed by atoms with Crippen molar-refractivity contribution in [1.29, 1.82) is 0 Å². The van der Waals surface area contributed by atoms with E-state index >= 15 is 0 Å². The van der Waals surface area contributed by atoms with Gasteiger partial charge in [-0.1, -0.05) is 0 Å². The van der Waals surface area contributed by atoms with E-state index in [9.17, 15) is 4.39 Å². The highest BCUT2D eigenvalue weighted by atomic mass is 79.9. The lowest BCUT2D eigenvalue weighted by Crippen LogP contribution is -1.99. The van der Waals surface area contributed by atoms with Crippen molar-refractivity contribution >= 4 is 39.2 Å². The second kappa shape index (κ2) is 4.57. The molecule has 7 heteroatoms. The number of aromatic nitrogens is 4. The van der Waals surface area contributed by atoms with Gasteiger partial charge in [0.25, 0.3) is 0 Å². The highest BCUT2D eigenvalue weighted by Crippen LogP contribution is 2.23. The van der Waals surface area contributed by atoms with Gasteiger partial charge in [0.2, 0.25) is 0 Å². The minimum atomic E-state index is -0.304. The van der Waals surface area contributed by atoms with Crippen LogP contribution < -0.4 is 0 Å². The highest BCUT2D eigenvalue weighted by Gasteiger charge is 2.09. The number of aromatic amines is 1. The van der Waals surface area contributed by atoms with Crippen molar-refractivity contribution < 1.29 is 4.39 Å². The summed E-state index contributed by atoms with van der Waals surface area (Å²) in [4.78, 5) is 3.08. The molecule has 0 unspecified atom stereocenters. The van der Waals surface area contributed by atoms with Gasteiger partial charge in [-0.25, -0.2) is 4.39 Å². The fourth-order valence-electron chi connectivity index (χ4n) is 2.04. The second-order valence-corrected chi connectivity index (χ2v) is 5.56. The Hall–Kier alpha value is -1.47. The van der Waals surface area contributed by atoms with Gasteiger partial charge in [0, 0.05) is 24.9 Å². The van der Waals surface area contributed by atoms with Crippen LogP contribution in [0.25, 0.3) is 11.0 Å². The van der Waals surface area contributed by atoms with Crippen LogP contribution in [0.5, 0.6) is 0 Å². The summed E-state index contributed by atoms with van der Waals surface area (Å²) in [6.07, 6.45) is 3.69. The summed E-state index contributed by atoms with van der Waals surface area (Å²) >= 11 is 8.46. The summed E-state index contributed by atoms with van der Waals surface area (Å²) in [5, 5.41) is 4.12. The number of hydrogen-bond donors (Lipinski definition) is 1. The molecule has 4 nitrogen and oxygen atoms in total. The third kappa shape index (κ3) is 2.23. The number of H-pyrrole nitrogens is 1. The van der Waals surface area contributed by atoms with Crippen molar-refractivity contribution in [2.45, 2.75) is 6.54 Å². The standard InChI is InChI=1S/C12H10BrFN4S/c1-17-5-7(4-15-17)6-18-11-3-9(14)8(13)2-10(11)16-12(18)19/h2-5H,6H2,1H3,(H,16,19). The normalized spacial score (nSPS) is 11.3. The summed E-state index contributed by atoms with van der Waals surface area (Å²) in [6.45, 7) is 0.563. The third-order valence-corrected chi connectivity index (χ3v) is 3.85. The molecule has 98 valence electrons. The lowest BCUT2D eigenvalue weighted by Gasteiger charge is -2.03. The van der Waals surface area contributed by atoms with Gasteiger partial charge in [-0.05, 0) is 34.2 Å².